The number of amides is 2. The number of hydrogen-bond acceptors (Lipinski definition) is 7. The molecule has 2 N–H and O–H groups in total. The van der Waals surface area contributed by atoms with Crippen LogP contribution in [0.2, 0.25) is 5.02 Å². The molecule has 0 aliphatic carbocycles. The van der Waals surface area contributed by atoms with Crippen molar-refractivity contribution < 1.29 is 27.5 Å². The summed E-state index contributed by atoms with van der Waals surface area (Å²) in [6.45, 7) is 1.13. The molecule has 0 heterocycles. The van der Waals surface area contributed by atoms with E-state index in [0.29, 0.717) is 33.3 Å². The number of nitrogens with zero attached hydrogens (tertiary/aromatic N) is 2. The second-order valence-electron chi connectivity index (χ2n) is 8.08. The first-order valence-electron chi connectivity index (χ1n) is 11.2. The molecule has 0 aromatic heterocycles. The highest BCUT2D eigenvalue weighted by molar-refractivity contribution is 7.92. The molecule has 0 saturated heterocycles. The summed E-state index contributed by atoms with van der Waals surface area (Å²) in [5, 5.41) is 7.34. The number of ether oxygens (including phenoxy) is 2. The lowest BCUT2D eigenvalue weighted by molar-refractivity contribution is -0.119. The van der Waals surface area contributed by atoms with Crippen molar-refractivity contribution >= 4 is 50.5 Å². The van der Waals surface area contributed by atoms with E-state index < -0.39 is 22.5 Å². The van der Waals surface area contributed by atoms with Gasteiger partial charge in [0.05, 0.1) is 31.9 Å². The van der Waals surface area contributed by atoms with E-state index in [1.54, 1.807) is 61.5 Å². The molecule has 200 valence electrons. The zero-order chi connectivity index (χ0) is 27.9. The van der Waals surface area contributed by atoms with E-state index in [4.69, 9.17) is 21.1 Å². The molecule has 0 aliphatic rings. The normalized spacial score (nSPS) is 11.4. The Labute approximate surface area is 226 Å². The molecular weight excluding hydrogens is 532 g/mol. The molecule has 0 radical (unpaired) electrons. The Morgan fingerprint density at radius 1 is 0.974 bits per heavy atom. The van der Waals surface area contributed by atoms with Gasteiger partial charge in [0.2, 0.25) is 10.0 Å². The summed E-state index contributed by atoms with van der Waals surface area (Å²) in [4.78, 5) is 25.2. The average molecular weight is 559 g/mol. The number of nitrogens with one attached hydrogen (secondary N) is 2. The summed E-state index contributed by atoms with van der Waals surface area (Å²) in [6.07, 6.45) is 0.988. The zero-order valence-corrected chi connectivity index (χ0v) is 22.8. The van der Waals surface area contributed by atoms with Crippen molar-refractivity contribution in [1.29, 1.82) is 0 Å². The fraction of sp³-hybridized carbons (Fsp3) is 0.192. The molecule has 2 amide bonds. The van der Waals surface area contributed by atoms with Crippen LogP contribution in [-0.4, -0.2) is 53.0 Å². The third kappa shape index (κ3) is 7.46. The maximum Gasteiger partial charge on any atom is 0.260 e. The molecule has 0 spiro atoms. The minimum absolute atomic E-state index is 0.176. The van der Waals surface area contributed by atoms with Crippen molar-refractivity contribution in [2.45, 2.75) is 6.92 Å². The summed E-state index contributed by atoms with van der Waals surface area (Å²) in [5.41, 5.74) is 4.55. The van der Waals surface area contributed by atoms with E-state index in [2.05, 4.69) is 15.8 Å². The molecule has 3 aromatic carbocycles. The predicted octanol–water partition coefficient (Wildman–Crippen LogP) is 3.92. The lowest BCUT2D eigenvalue weighted by atomic mass is 10.1. The first-order valence-corrected chi connectivity index (χ1v) is 13.4. The average Bonchev–Trinajstić information content (AvgIpc) is 2.89. The molecule has 12 heteroatoms. The Bertz CT molecular complexity index is 1480. The van der Waals surface area contributed by atoms with Crippen LogP contribution in [0.15, 0.2) is 71.8 Å². The highest BCUT2D eigenvalue weighted by atomic mass is 35.5. The van der Waals surface area contributed by atoms with Crippen LogP contribution >= 0.6 is 11.6 Å². The van der Waals surface area contributed by atoms with Gasteiger partial charge in [0.15, 0.2) is 0 Å². The summed E-state index contributed by atoms with van der Waals surface area (Å²) in [7, 11) is -0.985. The third-order valence-corrected chi connectivity index (χ3v) is 6.68. The number of anilines is 2. The number of carbonyl (C=O) groups excluding carboxylic acids is 2. The molecule has 3 aromatic rings. The highest BCUT2D eigenvalue weighted by Crippen LogP contribution is 2.33. The molecular formula is C26H27ClN4O6S. The summed E-state index contributed by atoms with van der Waals surface area (Å²) < 4.78 is 36.3. The van der Waals surface area contributed by atoms with Gasteiger partial charge in [-0.25, -0.2) is 13.8 Å². The van der Waals surface area contributed by atoms with Gasteiger partial charge < -0.3 is 14.8 Å². The van der Waals surface area contributed by atoms with Crippen LogP contribution < -0.4 is 24.5 Å². The van der Waals surface area contributed by atoms with Gasteiger partial charge in [-0.2, -0.15) is 5.10 Å². The lowest BCUT2D eigenvalue weighted by Crippen LogP contribution is -2.39. The van der Waals surface area contributed by atoms with Gasteiger partial charge in [-0.05, 0) is 55.0 Å². The first kappa shape index (κ1) is 28.5. The minimum atomic E-state index is -3.84. The van der Waals surface area contributed by atoms with Gasteiger partial charge in [0.1, 0.15) is 18.0 Å². The van der Waals surface area contributed by atoms with Crippen LogP contribution in [0, 0.1) is 0 Å². The smallest absolute Gasteiger partial charge is 0.260 e. The highest BCUT2D eigenvalue weighted by Gasteiger charge is 2.24. The van der Waals surface area contributed by atoms with Crippen LogP contribution in [-0.2, 0) is 14.8 Å². The fourth-order valence-electron chi connectivity index (χ4n) is 3.40. The van der Waals surface area contributed by atoms with Crippen LogP contribution in [0.25, 0.3) is 0 Å². The number of rotatable bonds is 10. The van der Waals surface area contributed by atoms with Crippen molar-refractivity contribution in [3.8, 4) is 11.5 Å². The van der Waals surface area contributed by atoms with Crippen LogP contribution in [0.1, 0.15) is 22.8 Å². The van der Waals surface area contributed by atoms with Gasteiger partial charge in [-0.3, -0.25) is 13.9 Å². The quantitative estimate of drug-likeness (QED) is 0.287. The lowest BCUT2D eigenvalue weighted by Gasteiger charge is -2.23. The van der Waals surface area contributed by atoms with Gasteiger partial charge >= 0.3 is 0 Å². The van der Waals surface area contributed by atoms with Crippen molar-refractivity contribution in [3.63, 3.8) is 0 Å². The Morgan fingerprint density at radius 2 is 1.68 bits per heavy atom. The Morgan fingerprint density at radius 3 is 2.34 bits per heavy atom. The number of sulfonamides is 1. The van der Waals surface area contributed by atoms with Crippen molar-refractivity contribution in [2.75, 3.05) is 36.6 Å². The van der Waals surface area contributed by atoms with Gasteiger partial charge in [-0.15, -0.1) is 0 Å². The molecule has 0 bridgehead atoms. The van der Waals surface area contributed by atoms with Crippen LogP contribution in [0.5, 0.6) is 11.5 Å². The summed E-state index contributed by atoms with van der Waals surface area (Å²) in [5.74, 6) is -0.311. The molecule has 3 rings (SSSR count). The van der Waals surface area contributed by atoms with E-state index in [9.17, 15) is 18.0 Å². The number of benzene rings is 3. The predicted molar refractivity (Wildman–Crippen MR) is 148 cm³/mol. The summed E-state index contributed by atoms with van der Waals surface area (Å²) >= 11 is 5.96. The van der Waals surface area contributed by atoms with E-state index in [-0.39, 0.29) is 17.3 Å². The molecule has 0 unspecified atom stereocenters. The number of hydrogen-bond donors (Lipinski definition) is 2. The third-order valence-electron chi connectivity index (χ3n) is 5.32. The van der Waals surface area contributed by atoms with Gasteiger partial charge in [-0.1, -0.05) is 29.8 Å². The first-order chi connectivity index (χ1) is 18.0. The molecule has 38 heavy (non-hydrogen) atoms. The van der Waals surface area contributed by atoms with E-state index in [1.165, 1.54) is 26.4 Å². The number of halogens is 1. The molecule has 0 fully saturated rings. The maximum atomic E-state index is 12.7. The topological polar surface area (TPSA) is 126 Å². The SMILES string of the molecule is COc1ccc(N(CC(=O)N/N=C(/C)c2cccc(NC(=O)c3cccc(Cl)c3)c2)S(C)(=O)=O)c(OC)c1. The Balaban J connectivity index is 1.73. The number of methoxy groups -OCH3 is 2. The summed E-state index contributed by atoms with van der Waals surface area (Å²) in [6, 6.07) is 18.0. The largest absolute Gasteiger partial charge is 0.497 e. The van der Waals surface area contributed by atoms with Crippen LogP contribution in [0.3, 0.4) is 0 Å². The van der Waals surface area contributed by atoms with E-state index >= 15 is 0 Å². The van der Waals surface area contributed by atoms with E-state index in [0.717, 1.165) is 10.6 Å². The number of hydrazone groups is 1. The van der Waals surface area contributed by atoms with Crippen molar-refractivity contribution in [2.24, 2.45) is 5.10 Å². The van der Waals surface area contributed by atoms with Crippen molar-refractivity contribution in [3.05, 3.63) is 82.9 Å². The number of carbonyl (C=O) groups is 2. The Hall–Kier alpha value is -4.09. The second kappa shape index (κ2) is 12.4. The van der Waals surface area contributed by atoms with Crippen LogP contribution in [0.4, 0.5) is 11.4 Å². The van der Waals surface area contributed by atoms with Crippen molar-refractivity contribution in [1.82, 2.24) is 5.43 Å². The zero-order valence-electron chi connectivity index (χ0n) is 21.2. The monoisotopic (exact) mass is 558 g/mol. The van der Waals surface area contributed by atoms with Gasteiger partial charge in [0.25, 0.3) is 11.8 Å². The second-order valence-corrected chi connectivity index (χ2v) is 10.4. The van der Waals surface area contributed by atoms with E-state index in [1.807, 2.05) is 0 Å². The Kier molecular flexibility index (Phi) is 9.32. The molecule has 10 nitrogen and oxygen atoms in total. The molecule has 0 aliphatic heterocycles. The fourth-order valence-corrected chi connectivity index (χ4v) is 4.45. The standard InChI is InChI=1S/C26H27ClN4O6S/c1-17(18-7-6-10-21(14-18)28-26(33)19-8-5-9-20(27)13-19)29-30-25(32)16-31(38(4,34)35)23-12-11-22(36-2)15-24(23)37-3/h5-15H,16H2,1-4H3,(H,28,33)(H,30,32)/b29-17-. The maximum absolute atomic E-state index is 12.7. The molecule has 0 atom stereocenters. The molecule has 0 saturated carbocycles. The van der Waals surface area contributed by atoms with Gasteiger partial charge in [0, 0.05) is 22.3 Å². The minimum Gasteiger partial charge on any atom is -0.497 e.